The Morgan fingerprint density at radius 2 is 1.85 bits per heavy atom. The van der Waals surface area contributed by atoms with Gasteiger partial charge in [0, 0.05) is 17.2 Å². The Balaban J connectivity index is 1.89. The van der Waals surface area contributed by atoms with Crippen LogP contribution in [0, 0.1) is 11.6 Å². The van der Waals surface area contributed by atoms with Crippen LogP contribution in [0.4, 0.5) is 14.5 Å². The number of nitrogens with one attached hydrogen (secondary N) is 2. The van der Waals surface area contributed by atoms with Crippen molar-refractivity contribution >= 4 is 32.5 Å². The molecule has 1 aromatic heterocycles. The molecule has 5 heteroatoms. The minimum absolute atomic E-state index is 0.114. The number of para-hydroxylation sites is 1. The van der Waals surface area contributed by atoms with Gasteiger partial charge < -0.3 is 10.3 Å². The summed E-state index contributed by atoms with van der Waals surface area (Å²) in [6.07, 6.45) is 1.84. The number of hydrogen-bond acceptors (Lipinski definition) is 1. The van der Waals surface area contributed by atoms with Crippen molar-refractivity contribution in [3.63, 3.8) is 0 Å². The lowest BCUT2D eigenvalue weighted by Crippen LogP contribution is -2.04. The Bertz CT molecular complexity index is 744. The van der Waals surface area contributed by atoms with Gasteiger partial charge in [-0.25, -0.2) is 8.78 Å². The predicted octanol–water partition coefficient (Wildman–Crippen LogP) is 4.82. The lowest BCUT2D eigenvalue weighted by Gasteiger charge is -2.10. The normalized spacial score (nSPS) is 10.9. The monoisotopic (exact) mass is 336 g/mol. The topological polar surface area (TPSA) is 27.8 Å². The lowest BCUT2D eigenvalue weighted by atomic mass is 10.1. The first-order valence-corrected chi connectivity index (χ1v) is 6.88. The smallest absolute Gasteiger partial charge is 0.150 e. The molecule has 0 aliphatic heterocycles. The van der Waals surface area contributed by atoms with Crippen LogP contribution in [0.5, 0.6) is 0 Å². The van der Waals surface area contributed by atoms with Crippen LogP contribution < -0.4 is 5.32 Å². The van der Waals surface area contributed by atoms with E-state index >= 15 is 0 Å². The highest BCUT2D eigenvalue weighted by molar-refractivity contribution is 9.10. The molecule has 3 aromatic rings. The van der Waals surface area contributed by atoms with Gasteiger partial charge in [0.1, 0.15) is 17.3 Å². The van der Waals surface area contributed by atoms with Crippen LogP contribution >= 0.6 is 15.9 Å². The molecule has 1 heterocycles. The maximum Gasteiger partial charge on any atom is 0.150 e. The van der Waals surface area contributed by atoms with Gasteiger partial charge in [0.2, 0.25) is 0 Å². The van der Waals surface area contributed by atoms with Crippen LogP contribution in [0.15, 0.2) is 47.1 Å². The Kier molecular flexibility index (Phi) is 3.44. The summed E-state index contributed by atoms with van der Waals surface area (Å²) in [5.74, 6) is -1.23. The molecule has 0 radical (unpaired) electrons. The summed E-state index contributed by atoms with van der Waals surface area (Å²) in [5.41, 5.74) is 1.81. The van der Waals surface area contributed by atoms with Crippen molar-refractivity contribution < 1.29 is 8.78 Å². The zero-order valence-electron chi connectivity index (χ0n) is 10.4. The third kappa shape index (κ3) is 2.41. The van der Waals surface area contributed by atoms with Crippen molar-refractivity contribution in [2.75, 3.05) is 5.32 Å². The molecule has 0 amide bonds. The van der Waals surface area contributed by atoms with Gasteiger partial charge >= 0.3 is 0 Å². The van der Waals surface area contributed by atoms with E-state index in [0.29, 0.717) is 11.0 Å². The third-order valence-electron chi connectivity index (χ3n) is 3.14. The van der Waals surface area contributed by atoms with E-state index in [9.17, 15) is 8.78 Å². The Morgan fingerprint density at radius 1 is 1.10 bits per heavy atom. The second-order valence-corrected chi connectivity index (χ2v) is 5.37. The van der Waals surface area contributed by atoms with Crippen molar-refractivity contribution in [2.45, 2.75) is 6.54 Å². The minimum atomic E-state index is -0.615. The van der Waals surface area contributed by atoms with Gasteiger partial charge in [-0.3, -0.25) is 0 Å². The molecule has 0 spiro atoms. The molecule has 0 fully saturated rings. The average molecular weight is 337 g/mol. The Hall–Kier alpha value is -1.88. The summed E-state index contributed by atoms with van der Waals surface area (Å²) in [6.45, 7) is 0.341. The van der Waals surface area contributed by atoms with Gasteiger partial charge in [-0.1, -0.05) is 34.1 Å². The summed E-state index contributed by atoms with van der Waals surface area (Å²) in [4.78, 5) is 3.13. The van der Waals surface area contributed by atoms with Gasteiger partial charge in [-0.05, 0) is 29.1 Å². The van der Waals surface area contributed by atoms with E-state index in [1.807, 2.05) is 30.5 Å². The number of aromatic amines is 1. The van der Waals surface area contributed by atoms with Gasteiger partial charge in [-0.15, -0.1) is 0 Å². The van der Waals surface area contributed by atoms with Crippen molar-refractivity contribution in [2.24, 2.45) is 0 Å². The number of aromatic nitrogens is 1. The van der Waals surface area contributed by atoms with Crippen molar-refractivity contribution in [3.05, 3.63) is 64.3 Å². The number of halogens is 3. The SMILES string of the molecule is Fc1cc(Br)cc(F)c1NCc1cccc2cc[nH]c12. The van der Waals surface area contributed by atoms with Crippen LogP contribution in [-0.4, -0.2) is 4.98 Å². The molecule has 0 aliphatic rings. The molecule has 0 aliphatic carbocycles. The van der Waals surface area contributed by atoms with Gasteiger partial charge in [0.25, 0.3) is 0 Å². The highest BCUT2D eigenvalue weighted by Gasteiger charge is 2.11. The molecule has 3 rings (SSSR count). The average Bonchev–Trinajstić information content (AvgIpc) is 2.86. The molecule has 0 atom stereocenters. The number of hydrogen-bond donors (Lipinski definition) is 2. The van der Waals surface area contributed by atoms with E-state index in [1.54, 1.807) is 0 Å². The lowest BCUT2D eigenvalue weighted by molar-refractivity contribution is 0.586. The molecule has 0 saturated carbocycles. The van der Waals surface area contributed by atoms with Gasteiger partial charge in [-0.2, -0.15) is 0 Å². The fraction of sp³-hybridized carbons (Fsp3) is 0.0667. The van der Waals surface area contributed by atoms with E-state index in [-0.39, 0.29) is 5.69 Å². The minimum Gasteiger partial charge on any atom is -0.376 e. The molecule has 0 saturated heterocycles. The number of benzene rings is 2. The maximum absolute atomic E-state index is 13.7. The molecule has 2 N–H and O–H groups in total. The van der Waals surface area contributed by atoms with Crippen LogP contribution in [0.3, 0.4) is 0 Å². The van der Waals surface area contributed by atoms with E-state index in [1.165, 1.54) is 12.1 Å². The van der Waals surface area contributed by atoms with Crippen LogP contribution in [-0.2, 0) is 6.54 Å². The first kappa shape index (κ1) is 13.1. The largest absolute Gasteiger partial charge is 0.376 e. The standard InChI is InChI=1S/C15H11BrF2N2/c16-11-6-12(17)15(13(18)7-11)20-8-10-3-1-2-9-4-5-19-14(9)10/h1-7,19-20H,8H2. The molecule has 0 unspecified atom stereocenters. The number of fused-ring (bicyclic) bond motifs is 1. The first-order chi connectivity index (χ1) is 9.65. The predicted molar refractivity (Wildman–Crippen MR) is 79.7 cm³/mol. The molecular formula is C15H11BrF2N2. The zero-order chi connectivity index (χ0) is 14.1. The molecule has 2 nitrogen and oxygen atoms in total. The first-order valence-electron chi connectivity index (χ1n) is 6.08. The summed E-state index contributed by atoms with van der Waals surface area (Å²) >= 11 is 3.06. The Labute approximate surface area is 122 Å². The molecule has 0 bridgehead atoms. The van der Waals surface area contributed by atoms with Crippen LogP contribution in [0.1, 0.15) is 5.56 Å². The summed E-state index contributed by atoms with van der Waals surface area (Å²) in [6, 6.07) is 10.2. The maximum atomic E-state index is 13.7. The zero-order valence-corrected chi connectivity index (χ0v) is 12.0. The van der Waals surface area contributed by atoms with Crippen LogP contribution in [0.2, 0.25) is 0 Å². The second kappa shape index (κ2) is 5.25. The van der Waals surface area contributed by atoms with Crippen molar-refractivity contribution in [3.8, 4) is 0 Å². The van der Waals surface area contributed by atoms with Crippen molar-refractivity contribution in [1.82, 2.24) is 4.98 Å². The summed E-state index contributed by atoms with van der Waals surface area (Å²) in [7, 11) is 0. The van der Waals surface area contributed by atoms with Crippen LogP contribution in [0.25, 0.3) is 10.9 Å². The summed E-state index contributed by atoms with van der Waals surface area (Å²) < 4.78 is 27.8. The van der Waals surface area contributed by atoms with E-state index < -0.39 is 11.6 Å². The summed E-state index contributed by atoms with van der Waals surface area (Å²) in [5, 5.41) is 3.89. The van der Waals surface area contributed by atoms with E-state index in [0.717, 1.165) is 16.5 Å². The van der Waals surface area contributed by atoms with Gasteiger partial charge in [0.05, 0.1) is 5.52 Å². The van der Waals surface area contributed by atoms with Crippen molar-refractivity contribution in [1.29, 1.82) is 0 Å². The molecular weight excluding hydrogens is 326 g/mol. The Morgan fingerprint density at radius 3 is 2.60 bits per heavy atom. The van der Waals surface area contributed by atoms with Gasteiger partial charge in [0.15, 0.2) is 0 Å². The molecule has 102 valence electrons. The third-order valence-corrected chi connectivity index (χ3v) is 3.59. The quantitative estimate of drug-likeness (QED) is 0.705. The number of H-pyrrole nitrogens is 1. The number of anilines is 1. The fourth-order valence-corrected chi connectivity index (χ4v) is 2.59. The fourth-order valence-electron chi connectivity index (χ4n) is 2.19. The highest BCUT2D eigenvalue weighted by atomic mass is 79.9. The molecule has 20 heavy (non-hydrogen) atoms. The number of rotatable bonds is 3. The van der Waals surface area contributed by atoms with E-state index in [2.05, 4.69) is 26.2 Å². The second-order valence-electron chi connectivity index (χ2n) is 4.46. The van der Waals surface area contributed by atoms with E-state index in [4.69, 9.17) is 0 Å². The highest BCUT2D eigenvalue weighted by Crippen LogP contribution is 2.25. The molecule has 2 aromatic carbocycles.